The molecule has 3 aromatic carbocycles. The Labute approximate surface area is 194 Å². The van der Waals surface area contributed by atoms with Crippen molar-refractivity contribution in [3.8, 4) is 17.2 Å². The van der Waals surface area contributed by atoms with Crippen molar-refractivity contribution in [3.05, 3.63) is 88.9 Å². The molecule has 4 N–H and O–H groups in total. The van der Waals surface area contributed by atoms with E-state index in [-0.39, 0.29) is 13.2 Å². The molecule has 0 amide bonds. The van der Waals surface area contributed by atoms with Crippen LogP contribution in [0.2, 0.25) is 5.02 Å². The van der Waals surface area contributed by atoms with Gasteiger partial charge in [0.2, 0.25) is 0 Å². The molecule has 0 bridgehead atoms. The molecule has 0 spiro atoms. The molecular weight excluding hydrogens is 426 g/mol. The van der Waals surface area contributed by atoms with Gasteiger partial charge in [0, 0.05) is 11.1 Å². The third-order valence-electron chi connectivity index (χ3n) is 5.31. The number of nitrogens with two attached hydrogens (primary N) is 1. The summed E-state index contributed by atoms with van der Waals surface area (Å²) >= 11 is 6.46. The van der Waals surface area contributed by atoms with Crippen LogP contribution < -0.4 is 15.2 Å². The monoisotopic (exact) mass is 455 g/mol. The van der Waals surface area contributed by atoms with E-state index in [0.29, 0.717) is 29.5 Å². The van der Waals surface area contributed by atoms with E-state index in [1.807, 2.05) is 72.8 Å². The van der Waals surface area contributed by atoms with E-state index in [2.05, 4.69) is 0 Å². The smallest absolute Gasteiger partial charge is 0.131 e. The number of hydrogen-bond acceptors (Lipinski definition) is 5. The molecule has 32 heavy (non-hydrogen) atoms. The van der Waals surface area contributed by atoms with Gasteiger partial charge in [0.1, 0.15) is 23.9 Å². The average Bonchev–Trinajstić information content (AvgIpc) is 2.82. The summed E-state index contributed by atoms with van der Waals surface area (Å²) in [5.74, 6) is 2.06. The summed E-state index contributed by atoms with van der Waals surface area (Å²) < 4.78 is 11.8. The lowest BCUT2D eigenvalue weighted by Crippen LogP contribution is -2.47. The normalized spacial score (nSPS) is 11.4. The zero-order chi connectivity index (χ0) is 22.8. The van der Waals surface area contributed by atoms with Crippen LogP contribution in [0, 0.1) is 0 Å². The summed E-state index contributed by atoms with van der Waals surface area (Å²) in [6.07, 6.45) is 3.00. The second-order valence-electron chi connectivity index (χ2n) is 7.99. The van der Waals surface area contributed by atoms with Crippen LogP contribution in [0.5, 0.6) is 17.2 Å². The van der Waals surface area contributed by atoms with Crippen LogP contribution in [0.15, 0.2) is 72.8 Å². The van der Waals surface area contributed by atoms with Crippen molar-refractivity contribution in [2.75, 3.05) is 13.2 Å². The van der Waals surface area contributed by atoms with E-state index in [1.165, 1.54) is 0 Å². The predicted molar refractivity (Wildman–Crippen MR) is 127 cm³/mol. The molecule has 6 heteroatoms. The average molecular weight is 456 g/mol. The number of ether oxygens (including phenoxy) is 2. The third kappa shape index (κ3) is 7.24. The van der Waals surface area contributed by atoms with Gasteiger partial charge in [-0.15, -0.1) is 0 Å². The minimum absolute atomic E-state index is 0.227. The van der Waals surface area contributed by atoms with E-state index in [9.17, 15) is 10.2 Å². The fourth-order valence-electron chi connectivity index (χ4n) is 3.30. The van der Waals surface area contributed by atoms with Crippen molar-refractivity contribution >= 4 is 11.6 Å². The summed E-state index contributed by atoms with van der Waals surface area (Å²) in [6.45, 7) is 0.0380. The number of benzene rings is 3. The standard InChI is InChI=1S/C26H30ClNO4/c27-25-16-24(13-12-21(25)9-4-5-14-26(28,18-29)19-30)32-23-11-6-10-22(15-23)31-17-20-7-2-1-3-8-20/h1-3,6-8,10-13,15-16,29-30H,4-5,9,14,17-19,28H2. The molecule has 0 unspecified atom stereocenters. The second-order valence-corrected chi connectivity index (χ2v) is 8.40. The minimum Gasteiger partial charge on any atom is -0.489 e. The summed E-state index contributed by atoms with van der Waals surface area (Å²) in [5, 5.41) is 19.2. The molecule has 0 aliphatic heterocycles. The van der Waals surface area contributed by atoms with Crippen molar-refractivity contribution in [1.82, 2.24) is 0 Å². The number of aliphatic hydroxyl groups excluding tert-OH is 2. The molecule has 170 valence electrons. The van der Waals surface area contributed by atoms with Crippen molar-refractivity contribution < 1.29 is 19.7 Å². The first-order valence-electron chi connectivity index (χ1n) is 10.7. The molecule has 0 fully saturated rings. The highest BCUT2D eigenvalue weighted by Gasteiger charge is 2.22. The molecule has 0 aliphatic rings. The van der Waals surface area contributed by atoms with Gasteiger partial charge in [-0.05, 0) is 54.7 Å². The van der Waals surface area contributed by atoms with Gasteiger partial charge >= 0.3 is 0 Å². The first-order valence-corrected chi connectivity index (χ1v) is 11.1. The van der Waals surface area contributed by atoms with Crippen molar-refractivity contribution in [3.63, 3.8) is 0 Å². The van der Waals surface area contributed by atoms with Gasteiger partial charge in [0.05, 0.1) is 18.8 Å². The molecule has 0 aliphatic carbocycles. The molecule has 3 rings (SSSR count). The molecule has 0 saturated heterocycles. The zero-order valence-electron chi connectivity index (χ0n) is 18.0. The second kappa shape index (κ2) is 11.9. The Morgan fingerprint density at radius 3 is 2.25 bits per heavy atom. The van der Waals surface area contributed by atoms with Crippen molar-refractivity contribution in [2.24, 2.45) is 5.73 Å². The van der Waals surface area contributed by atoms with Crippen molar-refractivity contribution in [2.45, 2.75) is 37.8 Å². The quantitative estimate of drug-likeness (QED) is 0.330. The molecular formula is C26H30ClNO4. The zero-order valence-corrected chi connectivity index (χ0v) is 18.8. The number of aryl methyl sites for hydroxylation is 1. The lowest BCUT2D eigenvalue weighted by Gasteiger charge is -2.24. The van der Waals surface area contributed by atoms with E-state index >= 15 is 0 Å². The fraction of sp³-hybridized carbons (Fsp3) is 0.308. The minimum atomic E-state index is -0.916. The molecule has 0 aromatic heterocycles. The highest BCUT2D eigenvalue weighted by atomic mass is 35.5. The van der Waals surface area contributed by atoms with Crippen LogP contribution in [0.25, 0.3) is 0 Å². The number of unbranched alkanes of at least 4 members (excludes halogenated alkanes) is 1. The molecule has 5 nitrogen and oxygen atoms in total. The van der Waals surface area contributed by atoms with Gasteiger partial charge in [0.25, 0.3) is 0 Å². The van der Waals surface area contributed by atoms with E-state index in [0.717, 1.165) is 36.1 Å². The molecule has 0 atom stereocenters. The first kappa shape index (κ1) is 24.1. The summed E-state index contributed by atoms with van der Waals surface area (Å²) in [4.78, 5) is 0. The van der Waals surface area contributed by atoms with Gasteiger partial charge < -0.3 is 25.4 Å². The van der Waals surface area contributed by atoms with Gasteiger partial charge in [-0.2, -0.15) is 0 Å². The molecule has 0 radical (unpaired) electrons. The van der Waals surface area contributed by atoms with Crippen molar-refractivity contribution in [1.29, 1.82) is 0 Å². The predicted octanol–water partition coefficient (Wildman–Crippen LogP) is 5.11. The summed E-state index contributed by atoms with van der Waals surface area (Å²) in [6, 6.07) is 23.2. The first-order chi connectivity index (χ1) is 15.5. The van der Waals surface area contributed by atoms with E-state index < -0.39 is 5.54 Å². The Morgan fingerprint density at radius 1 is 0.812 bits per heavy atom. The lowest BCUT2D eigenvalue weighted by atomic mass is 9.94. The topological polar surface area (TPSA) is 84.9 Å². The lowest BCUT2D eigenvalue weighted by molar-refractivity contribution is 0.112. The Bertz CT molecular complexity index is 977. The maximum Gasteiger partial charge on any atom is 0.131 e. The van der Waals surface area contributed by atoms with E-state index in [4.69, 9.17) is 26.8 Å². The number of halogens is 1. The molecule has 3 aromatic rings. The Balaban J connectivity index is 1.53. The van der Waals surface area contributed by atoms with Crippen LogP contribution in [0.3, 0.4) is 0 Å². The Morgan fingerprint density at radius 2 is 1.53 bits per heavy atom. The fourth-order valence-corrected chi connectivity index (χ4v) is 3.56. The Hall–Kier alpha value is -2.57. The van der Waals surface area contributed by atoms with Crippen LogP contribution in [-0.2, 0) is 13.0 Å². The largest absolute Gasteiger partial charge is 0.489 e. The number of hydrogen-bond donors (Lipinski definition) is 3. The highest BCUT2D eigenvalue weighted by molar-refractivity contribution is 6.31. The SMILES string of the molecule is NC(CO)(CO)CCCCc1ccc(Oc2cccc(OCc3ccccc3)c2)cc1Cl. The summed E-state index contributed by atoms with van der Waals surface area (Å²) in [7, 11) is 0. The van der Waals surface area contributed by atoms with Crippen LogP contribution in [0.4, 0.5) is 0 Å². The van der Waals surface area contributed by atoms with Gasteiger partial charge in [-0.25, -0.2) is 0 Å². The van der Waals surface area contributed by atoms with Gasteiger partial charge in [0.15, 0.2) is 0 Å². The molecule has 0 heterocycles. The maximum absolute atomic E-state index is 9.27. The van der Waals surface area contributed by atoms with Crippen LogP contribution in [0.1, 0.15) is 30.4 Å². The highest BCUT2D eigenvalue weighted by Crippen LogP contribution is 2.30. The van der Waals surface area contributed by atoms with E-state index in [1.54, 1.807) is 0 Å². The number of aliphatic hydroxyl groups is 2. The summed E-state index contributed by atoms with van der Waals surface area (Å²) in [5.41, 5.74) is 7.12. The van der Waals surface area contributed by atoms with Gasteiger partial charge in [-0.1, -0.05) is 60.5 Å². The third-order valence-corrected chi connectivity index (χ3v) is 5.67. The number of rotatable bonds is 12. The van der Waals surface area contributed by atoms with Gasteiger partial charge in [-0.3, -0.25) is 0 Å². The van der Waals surface area contributed by atoms with Crippen LogP contribution in [-0.4, -0.2) is 29.0 Å². The maximum atomic E-state index is 9.27. The molecule has 0 saturated carbocycles. The Kier molecular flexibility index (Phi) is 8.94. The van der Waals surface area contributed by atoms with Crippen LogP contribution >= 0.6 is 11.6 Å².